The fourth-order valence-corrected chi connectivity index (χ4v) is 3.00. The maximum Gasteiger partial charge on any atom is 0.119 e. The van der Waals surface area contributed by atoms with Crippen molar-refractivity contribution in [2.75, 3.05) is 26.2 Å². The molecule has 0 saturated carbocycles. The molecule has 2 atom stereocenters. The highest BCUT2D eigenvalue weighted by Crippen LogP contribution is 2.23. The van der Waals surface area contributed by atoms with Gasteiger partial charge in [0.15, 0.2) is 0 Å². The lowest BCUT2D eigenvalue weighted by Gasteiger charge is -2.28. The summed E-state index contributed by atoms with van der Waals surface area (Å²) in [7, 11) is 0. The molecular formula is C17H28N2O. The zero-order valence-electron chi connectivity index (χ0n) is 13.1. The van der Waals surface area contributed by atoms with Crippen molar-refractivity contribution < 1.29 is 4.74 Å². The molecule has 1 saturated heterocycles. The summed E-state index contributed by atoms with van der Waals surface area (Å²) in [5.41, 5.74) is 1.36. The van der Waals surface area contributed by atoms with E-state index in [0.29, 0.717) is 6.04 Å². The van der Waals surface area contributed by atoms with Gasteiger partial charge < -0.3 is 10.1 Å². The lowest BCUT2D eigenvalue weighted by Crippen LogP contribution is -2.37. The number of likely N-dealkylation sites (tertiary alicyclic amines) is 1. The molecule has 112 valence electrons. The third kappa shape index (κ3) is 3.97. The van der Waals surface area contributed by atoms with Crippen LogP contribution in [0.5, 0.6) is 5.75 Å². The van der Waals surface area contributed by atoms with Crippen molar-refractivity contribution >= 4 is 0 Å². The summed E-state index contributed by atoms with van der Waals surface area (Å²) in [5, 5.41) is 3.62. The summed E-state index contributed by atoms with van der Waals surface area (Å²) in [4.78, 5) is 2.60. The van der Waals surface area contributed by atoms with Crippen LogP contribution in [-0.2, 0) is 0 Å². The fraction of sp³-hybridized carbons (Fsp3) is 0.647. The highest BCUT2D eigenvalue weighted by molar-refractivity contribution is 5.29. The van der Waals surface area contributed by atoms with E-state index in [-0.39, 0.29) is 0 Å². The van der Waals surface area contributed by atoms with Crippen LogP contribution in [0.2, 0.25) is 0 Å². The summed E-state index contributed by atoms with van der Waals surface area (Å²) < 4.78 is 5.52. The zero-order chi connectivity index (χ0) is 14.4. The van der Waals surface area contributed by atoms with Crippen LogP contribution in [0.25, 0.3) is 0 Å². The number of likely N-dealkylation sites (N-methyl/N-ethyl adjacent to an activating group) is 1. The van der Waals surface area contributed by atoms with E-state index in [1.807, 2.05) is 6.92 Å². The van der Waals surface area contributed by atoms with Gasteiger partial charge in [0.1, 0.15) is 5.75 Å². The minimum absolute atomic E-state index is 0.413. The maximum absolute atomic E-state index is 5.52. The summed E-state index contributed by atoms with van der Waals surface area (Å²) in [6.45, 7) is 10.6. The van der Waals surface area contributed by atoms with Gasteiger partial charge in [0.05, 0.1) is 6.61 Å². The smallest absolute Gasteiger partial charge is 0.119 e. The second-order valence-electron chi connectivity index (χ2n) is 5.60. The fourth-order valence-electron chi connectivity index (χ4n) is 3.00. The van der Waals surface area contributed by atoms with E-state index < -0.39 is 0 Å². The van der Waals surface area contributed by atoms with Gasteiger partial charge in [-0.2, -0.15) is 0 Å². The first-order chi connectivity index (χ1) is 9.74. The van der Waals surface area contributed by atoms with Gasteiger partial charge >= 0.3 is 0 Å². The van der Waals surface area contributed by atoms with Crippen LogP contribution in [0.15, 0.2) is 24.3 Å². The lowest BCUT2D eigenvalue weighted by molar-refractivity contribution is 0.238. The number of hydrogen-bond donors (Lipinski definition) is 1. The molecular weight excluding hydrogens is 248 g/mol. The molecule has 1 heterocycles. The van der Waals surface area contributed by atoms with Crippen molar-refractivity contribution in [3.63, 3.8) is 0 Å². The number of hydrogen-bond acceptors (Lipinski definition) is 3. The minimum atomic E-state index is 0.413. The largest absolute Gasteiger partial charge is 0.494 e. The Kier molecular flexibility index (Phi) is 5.86. The first-order valence-corrected chi connectivity index (χ1v) is 7.94. The number of ether oxygens (including phenoxy) is 1. The highest BCUT2D eigenvalue weighted by atomic mass is 16.5. The van der Waals surface area contributed by atoms with E-state index in [4.69, 9.17) is 4.74 Å². The van der Waals surface area contributed by atoms with Crippen LogP contribution in [0.4, 0.5) is 0 Å². The summed E-state index contributed by atoms with van der Waals surface area (Å²) in [5.74, 6) is 0.959. The van der Waals surface area contributed by atoms with Crippen molar-refractivity contribution in [3.8, 4) is 5.75 Å². The van der Waals surface area contributed by atoms with E-state index in [2.05, 4.69) is 48.3 Å². The Bertz CT molecular complexity index is 390. The van der Waals surface area contributed by atoms with E-state index in [9.17, 15) is 0 Å². The molecule has 0 aliphatic carbocycles. The molecule has 1 aromatic rings. The first-order valence-electron chi connectivity index (χ1n) is 7.94. The Balaban J connectivity index is 2.03. The molecule has 0 spiro atoms. The Labute approximate surface area is 123 Å². The molecule has 1 N–H and O–H groups in total. The molecule has 3 heteroatoms. The van der Waals surface area contributed by atoms with Crippen molar-refractivity contribution in [1.29, 1.82) is 0 Å². The average molecular weight is 276 g/mol. The minimum Gasteiger partial charge on any atom is -0.494 e. The molecule has 0 radical (unpaired) electrons. The first kappa shape index (κ1) is 15.3. The summed E-state index contributed by atoms with van der Waals surface area (Å²) >= 11 is 0. The Morgan fingerprint density at radius 3 is 2.60 bits per heavy atom. The third-order valence-corrected chi connectivity index (χ3v) is 4.15. The van der Waals surface area contributed by atoms with Gasteiger partial charge in [-0.15, -0.1) is 0 Å². The van der Waals surface area contributed by atoms with E-state index in [0.717, 1.165) is 31.5 Å². The maximum atomic E-state index is 5.52. The Morgan fingerprint density at radius 1 is 1.30 bits per heavy atom. The summed E-state index contributed by atoms with van der Waals surface area (Å²) in [6, 6.07) is 9.68. The monoisotopic (exact) mass is 276 g/mol. The van der Waals surface area contributed by atoms with Gasteiger partial charge in [0.2, 0.25) is 0 Å². The second kappa shape index (κ2) is 7.65. The van der Waals surface area contributed by atoms with Gasteiger partial charge in [-0.3, -0.25) is 4.90 Å². The van der Waals surface area contributed by atoms with E-state index in [1.165, 1.54) is 24.9 Å². The van der Waals surface area contributed by atoms with Crippen LogP contribution in [0, 0.1) is 0 Å². The van der Waals surface area contributed by atoms with Gasteiger partial charge in [0.25, 0.3) is 0 Å². The van der Waals surface area contributed by atoms with Crippen LogP contribution in [0.3, 0.4) is 0 Å². The second-order valence-corrected chi connectivity index (χ2v) is 5.60. The number of benzene rings is 1. The van der Waals surface area contributed by atoms with E-state index in [1.54, 1.807) is 0 Å². The molecule has 1 aromatic carbocycles. The number of rotatable bonds is 7. The molecule has 0 bridgehead atoms. The Hall–Kier alpha value is -1.06. The molecule has 1 aliphatic rings. The lowest BCUT2D eigenvalue weighted by atomic mass is 10.1. The predicted molar refractivity (Wildman–Crippen MR) is 84.3 cm³/mol. The molecule has 0 amide bonds. The number of nitrogens with one attached hydrogen (secondary N) is 1. The topological polar surface area (TPSA) is 24.5 Å². The summed E-state index contributed by atoms with van der Waals surface area (Å²) in [6.07, 6.45) is 2.67. The van der Waals surface area contributed by atoms with Crippen molar-refractivity contribution in [3.05, 3.63) is 29.8 Å². The van der Waals surface area contributed by atoms with Crippen molar-refractivity contribution in [2.45, 2.75) is 45.7 Å². The van der Waals surface area contributed by atoms with Crippen LogP contribution in [-0.4, -0.2) is 37.2 Å². The molecule has 0 aromatic heterocycles. The van der Waals surface area contributed by atoms with Crippen molar-refractivity contribution in [1.82, 2.24) is 10.2 Å². The van der Waals surface area contributed by atoms with Crippen LogP contribution < -0.4 is 10.1 Å². The predicted octanol–water partition coefficient (Wildman–Crippen LogP) is 3.22. The quantitative estimate of drug-likeness (QED) is 0.827. The molecule has 2 rings (SSSR count). The highest BCUT2D eigenvalue weighted by Gasteiger charge is 2.23. The van der Waals surface area contributed by atoms with Crippen LogP contribution >= 0.6 is 0 Å². The Morgan fingerprint density at radius 2 is 2.05 bits per heavy atom. The van der Waals surface area contributed by atoms with Crippen molar-refractivity contribution in [2.24, 2.45) is 0 Å². The van der Waals surface area contributed by atoms with Crippen LogP contribution in [0.1, 0.15) is 45.2 Å². The third-order valence-electron chi connectivity index (χ3n) is 4.15. The number of nitrogens with zero attached hydrogens (tertiary/aromatic N) is 1. The zero-order valence-corrected chi connectivity index (χ0v) is 13.1. The average Bonchev–Trinajstić information content (AvgIpc) is 2.85. The standard InChI is InChI=1S/C17H28N2O/c1-4-18-17(13-19-12-6-7-14(19)3)15-8-10-16(11-9-15)20-5-2/h8-11,14,17-18H,4-7,12-13H2,1-3H3. The normalized spacial score (nSPS) is 21.1. The molecule has 1 aliphatic heterocycles. The molecule has 3 nitrogen and oxygen atoms in total. The van der Waals surface area contributed by atoms with Gasteiger partial charge in [-0.1, -0.05) is 19.1 Å². The van der Waals surface area contributed by atoms with Gasteiger partial charge in [-0.25, -0.2) is 0 Å². The molecule has 2 unspecified atom stereocenters. The van der Waals surface area contributed by atoms with Gasteiger partial charge in [-0.05, 0) is 57.5 Å². The molecule has 20 heavy (non-hydrogen) atoms. The van der Waals surface area contributed by atoms with E-state index >= 15 is 0 Å². The SMILES string of the molecule is CCNC(CN1CCCC1C)c1ccc(OCC)cc1. The molecule has 1 fully saturated rings. The van der Waals surface area contributed by atoms with Gasteiger partial charge in [0, 0.05) is 18.6 Å².